The lowest BCUT2D eigenvalue weighted by Gasteiger charge is -2.35. The smallest absolute Gasteiger partial charge is 0.236 e. The second-order valence-electron chi connectivity index (χ2n) is 7.17. The first-order valence-electron chi connectivity index (χ1n) is 9.49. The summed E-state index contributed by atoms with van der Waals surface area (Å²) in [6.07, 6.45) is 0.918. The molecule has 0 aromatic heterocycles. The van der Waals surface area contributed by atoms with Gasteiger partial charge in [-0.1, -0.05) is 36.8 Å². The van der Waals surface area contributed by atoms with Crippen molar-refractivity contribution in [3.8, 4) is 0 Å². The number of benzene rings is 1. The van der Waals surface area contributed by atoms with Gasteiger partial charge in [0.15, 0.2) is 0 Å². The van der Waals surface area contributed by atoms with Gasteiger partial charge >= 0.3 is 0 Å². The summed E-state index contributed by atoms with van der Waals surface area (Å²) in [5.74, 6) is 0.0797. The van der Waals surface area contributed by atoms with E-state index in [9.17, 15) is 9.59 Å². The maximum atomic E-state index is 12.4. The lowest BCUT2D eigenvalue weighted by atomic mass is 10.1. The number of likely N-dealkylation sites (N-methyl/N-ethyl adjacent to an activating group) is 1. The molecule has 0 aliphatic carbocycles. The van der Waals surface area contributed by atoms with E-state index in [2.05, 4.69) is 41.4 Å². The number of hydrogen-bond acceptors (Lipinski definition) is 4. The van der Waals surface area contributed by atoms with E-state index in [1.54, 1.807) is 4.90 Å². The van der Waals surface area contributed by atoms with Crippen molar-refractivity contribution in [3.63, 3.8) is 0 Å². The minimum atomic E-state index is -0.0230. The quantitative estimate of drug-likeness (QED) is 0.754. The number of amides is 2. The van der Waals surface area contributed by atoms with Crippen LogP contribution >= 0.6 is 0 Å². The van der Waals surface area contributed by atoms with E-state index < -0.39 is 0 Å². The van der Waals surface area contributed by atoms with Crippen molar-refractivity contribution in [3.05, 3.63) is 35.4 Å². The molecule has 1 aliphatic rings. The molecule has 1 aromatic rings. The molecule has 0 spiro atoms. The Morgan fingerprint density at radius 2 is 1.88 bits per heavy atom. The summed E-state index contributed by atoms with van der Waals surface area (Å²) in [7, 11) is 1.82. The van der Waals surface area contributed by atoms with E-state index in [1.165, 1.54) is 11.1 Å². The van der Waals surface area contributed by atoms with Gasteiger partial charge in [-0.3, -0.25) is 19.4 Å². The summed E-state index contributed by atoms with van der Waals surface area (Å²) in [6.45, 7) is 9.58. The van der Waals surface area contributed by atoms with Crippen LogP contribution in [0.1, 0.15) is 24.5 Å². The van der Waals surface area contributed by atoms with E-state index in [0.29, 0.717) is 6.54 Å². The molecule has 0 radical (unpaired) electrons. The minimum Gasteiger partial charge on any atom is -0.355 e. The Morgan fingerprint density at radius 3 is 2.54 bits per heavy atom. The number of nitrogens with one attached hydrogen (secondary N) is 1. The fourth-order valence-electron chi connectivity index (χ4n) is 3.18. The van der Waals surface area contributed by atoms with Crippen LogP contribution in [0.25, 0.3) is 0 Å². The largest absolute Gasteiger partial charge is 0.355 e. The van der Waals surface area contributed by atoms with Crippen LogP contribution in [0.15, 0.2) is 24.3 Å². The summed E-state index contributed by atoms with van der Waals surface area (Å²) in [5, 5.41) is 2.84. The molecule has 0 bridgehead atoms. The van der Waals surface area contributed by atoms with Crippen molar-refractivity contribution in [1.29, 1.82) is 0 Å². The number of aryl methyl sites for hydroxylation is 1. The number of hydrogen-bond donors (Lipinski definition) is 1. The lowest BCUT2D eigenvalue weighted by Crippen LogP contribution is -2.51. The number of nitrogens with zero attached hydrogens (tertiary/aromatic N) is 3. The molecule has 26 heavy (non-hydrogen) atoms. The van der Waals surface area contributed by atoms with E-state index in [1.807, 2.05) is 18.9 Å². The van der Waals surface area contributed by atoms with Gasteiger partial charge in [-0.25, -0.2) is 0 Å². The monoisotopic (exact) mass is 360 g/mol. The van der Waals surface area contributed by atoms with Crippen LogP contribution in [-0.4, -0.2) is 79.4 Å². The van der Waals surface area contributed by atoms with E-state index in [-0.39, 0.29) is 24.9 Å². The molecule has 1 N–H and O–H groups in total. The molecular formula is C20H32N4O2. The fourth-order valence-corrected chi connectivity index (χ4v) is 3.18. The van der Waals surface area contributed by atoms with Gasteiger partial charge in [0.2, 0.25) is 11.8 Å². The van der Waals surface area contributed by atoms with E-state index >= 15 is 0 Å². The predicted octanol–water partition coefficient (Wildman–Crippen LogP) is 1.10. The molecule has 2 rings (SSSR count). The highest BCUT2D eigenvalue weighted by Crippen LogP contribution is 2.10. The van der Waals surface area contributed by atoms with Gasteiger partial charge in [-0.15, -0.1) is 0 Å². The molecule has 0 saturated carbocycles. The van der Waals surface area contributed by atoms with Crippen LogP contribution in [0.2, 0.25) is 0 Å². The zero-order chi connectivity index (χ0) is 18.9. The zero-order valence-corrected chi connectivity index (χ0v) is 16.3. The molecule has 6 heteroatoms. The highest BCUT2D eigenvalue weighted by molar-refractivity contribution is 5.81. The minimum absolute atomic E-state index is 0.0230. The third-order valence-electron chi connectivity index (χ3n) is 4.60. The fraction of sp³-hybridized carbons (Fsp3) is 0.600. The molecule has 1 aliphatic heterocycles. The van der Waals surface area contributed by atoms with Crippen molar-refractivity contribution < 1.29 is 9.59 Å². The normalized spacial score (nSPS) is 15.3. The van der Waals surface area contributed by atoms with Crippen LogP contribution in [0.4, 0.5) is 0 Å². The first-order chi connectivity index (χ1) is 12.5. The summed E-state index contributed by atoms with van der Waals surface area (Å²) in [4.78, 5) is 30.3. The van der Waals surface area contributed by atoms with E-state index in [0.717, 1.165) is 39.1 Å². The standard InChI is InChI=1S/C20H32N4O2/c1-4-8-21-19(25)15-22(3)16-20(26)24-11-9-23(10-12-24)14-18-7-5-6-17(2)13-18/h5-7,13H,4,8-12,14-16H2,1-3H3,(H,21,25). The van der Waals surface area contributed by atoms with Crippen LogP contribution in [0.5, 0.6) is 0 Å². The van der Waals surface area contributed by atoms with Crippen molar-refractivity contribution in [2.45, 2.75) is 26.8 Å². The molecule has 0 unspecified atom stereocenters. The molecular weight excluding hydrogens is 328 g/mol. The predicted molar refractivity (Wildman–Crippen MR) is 104 cm³/mol. The molecule has 6 nitrogen and oxygen atoms in total. The number of carbonyl (C=O) groups is 2. The summed E-state index contributed by atoms with van der Waals surface area (Å²) >= 11 is 0. The van der Waals surface area contributed by atoms with Crippen LogP contribution in [-0.2, 0) is 16.1 Å². The highest BCUT2D eigenvalue weighted by atomic mass is 16.2. The van der Waals surface area contributed by atoms with Crippen molar-refractivity contribution in [2.24, 2.45) is 0 Å². The molecule has 1 fully saturated rings. The summed E-state index contributed by atoms with van der Waals surface area (Å²) in [5.41, 5.74) is 2.60. The van der Waals surface area contributed by atoms with E-state index in [4.69, 9.17) is 0 Å². The maximum Gasteiger partial charge on any atom is 0.236 e. The van der Waals surface area contributed by atoms with Crippen LogP contribution < -0.4 is 5.32 Å². The van der Waals surface area contributed by atoms with Gasteiger partial charge in [0.05, 0.1) is 13.1 Å². The molecule has 1 heterocycles. The molecule has 0 atom stereocenters. The zero-order valence-electron chi connectivity index (χ0n) is 16.3. The number of rotatable bonds is 8. The lowest BCUT2D eigenvalue weighted by molar-refractivity contribution is -0.134. The first kappa shape index (κ1) is 20.4. The summed E-state index contributed by atoms with van der Waals surface area (Å²) < 4.78 is 0. The third kappa shape index (κ3) is 6.77. The SMILES string of the molecule is CCCNC(=O)CN(C)CC(=O)N1CCN(Cc2cccc(C)c2)CC1. The Labute approximate surface area is 157 Å². The van der Waals surface area contributed by atoms with Gasteiger partial charge in [0, 0.05) is 39.3 Å². The van der Waals surface area contributed by atoms with Gasteiger partial charge in [-0.2, -0.15) is 0 Å². The van der Waals surface area contributed by atoms with Crippen molar-refractivity contribution in [1.82, 2.24) is 20.0 Å². The number of piperazine rings is 1. The van der Waals surface area contributed by atoms with Crippen LogP contribution in [0.3, 0.4) is 0 Å². The van der Waals surface area contributed by atoms with Gasteiger partial charge in [0.25, 0.3) is 0 Å². The molecule has 2 amide bonds. The van der Waals surface area contributed by atoms with Crippen molar-refractivity contribution in [2.75, 3.05) is 52.9 Å². The maximum absolute atomic E-state index is 12.4. The number of carbonyl (C=O) groups excluding carboxylic acids is 2. The molecule has 1 aromatic carbocycles. The second kappa shape index (κ2) is 10.3. The van der Waals surface area contributed by atoms with Gasteiger partial charge < -0.3 is 10.2 Å². The van der Waals surface area contributed by atoms with Crippen LogP contribution in [0, 0.1) is 6.92 Å². The highest BCUT2D eigenvalue weighted by Gasteiger charge is 2.22. The summed E-state index contributed by atoms with van der Waals surface area (Å²) in [6, 6.07) is 8.58. The topological polar surface area (TPSA) is 55.9 Å². The Balaban J connectivity index is 1.71. The van der Waals surface area contributed by atoms with Gasteiger partial charge in [-0.05, 0) is 26.0 Å². The average Bonchev–Trinajstić information content (AvgIpc) is 2.60. The Hall–Kier alpha value is -1.92. The van der Waals surface area contributed by atoms with Gasteiger partial charge in [0.1, 0.15) is 0 Å². The molecule has 1 saturated heterocycles. The first-order valence-corrected chi connectivity index (χ1v) is 9.49. The average molecular weight is 361 g/mol. The van der Waals surface area contributed by atoms with Crippen molar-refractivity contribution >= 4 is 11.8 Å². The Bertz CT molecular complexity index is 597. The molecule has 144 valence electrons. The second-order valence-corrected chi connectivity index (χ2v) is 7.17. The Kier molecular flexibility index (Phi) is 8.06. The Morgan fingerprint density at radius 1 is 1.15 bits per heavy atom. The third-order valence-corrected chi connectivity index (χ3v) is 4.60.